The largest absolute Gasteiger partial charge is 0.508 e. The van der Waals surface area contributed by atoms with E-state index < -0.39 is 0 Å². The van der Waals surface area contributed by atoms with E-state index in [-0.39, 0.29) is 5.75 Å². The first-order chi connectivity index (χ1) is 6.72. The summed E-state index contributed by atoms with van der Waals surface area (Å²) in [6.07, 6.45) is 1.98. The highest BCUT2D eigenvalue weighted by Crippen LogP contribution is 2.28. The zero-order chi connectivity index (χ0) is 10.1. The molecule has 1 aromatic carbocycles. The van der Waals surface area contributed by atoms with Gasteiger partial charge in [-0.3, -0.25) is 0 Å². The number of phenolic OH excluding ortho intramolecular Hbond substituents is 1. The third kappa shape index (κ3) is 1.51. The quantitative estimate of drug-likeness (QED) is 0.863. The SMILES string of the molecule is NCCn1cc(Br)c2cc(O)ccc21. The molecule has 4 heteroatoms. The predicted octanol–water partition coefficient (Wildman–Crippen LogP) is 2.07. The molecule has 0 spiro atoms. The third-order valence-corrected chi connectivity index (χ3v) is 2.82. The van der Waals surface area contributed by atoms with Crippen LogP contribution in [0.5, 0.6) is 5.75 Å². The van der Waals surface area contributed by atoms with Crippen LogP contribution in [0, 0.1) is 0 Å². The molecule has 74 valence electrons. The Hall–Kier alpha value is -1.00. The van der Waals surface area contributed by atoms with Gasteiger partial charge in [0.25, 0.3) is 0 Å². The van der Waals surface area contributed by atoms with Crippen molar-refractivity contribution < 1.29 is 5.11 Å². The number of phenols is 1. The van der Waals surface area contributed by atoms with Crippen LogP contribution in [0.25, 0.3) is 10.9 Å². The van der Waals surface area contributed by atoms with E-state index in [9.17, 15) is 5.11 Å². The van der Waals surface area contributed by atoms with Crippen molar-refractivity contribution in [2.75, 3.05) is 6.54 Å². The van der Waals surface area contributed by atoms with Crippen LogP contribution >= 0.6 is 15.9 Å². The number of aromatic nitrogens is 1. The predicted molar refractivity (Wildman–Crippen MR) is 60.4 cm³/mol. The molecule has 0 saturated carbocycles. The van der Waals surface area contributed by atoms with Gasteiger partial charge in [0.2, 0.25) is 0 Å². The lowest BCUT2D eigenvalue weighted by atomic mass is 10.2. The lowest BCUT2D eigenvalue weighted by Crippen LogP contribution is -2.08. The summed E-state index contributed by atoms with van der Waals surface area (Å²) in [5.74, 6) is 0.281. The lowest BCUT2D eigenvalue weighted by Gasteiger charge is -2.01. The number of halogens is 1. The first kappa shape index (κ1) is 9.55. The van der Waals surface area contributed by atoms with Crippen LogP contribution in [-0.2, 0) is 6.54 Å². The highest BCUT2D eigenvalue weighted by molar-refractivity contribution is 9.10. The zero-order valence-corrected chi connectivity index (χ0v) is 9.16. The summed E-state index contributed by atoms with van der Waals surface area (Å²) in [6.45, 7) is 1.39. The fourth-order valence-corrected chi connectivity index (χ4v) is 2.13. The molecule has 0 aliphatic carbocycles. The van der Waals surface area contributed by atoms with Gasteiger partial charge in [0.05, 0.1) is 0 Å². The molecule has 14 heavy (non-hydrogen) atoms. The van der Waals surface area contributed by atoms with E-state index in [0.717, 1.165) is 21.9 Å². The van der Waals surface area contributed by atoms with E-state index in [1.165, 1.54) is 0 Å². The molecule has 3 N–H and O–H groups in total. The first-order valence-corrected chi connectivity index (χ1v) is 5.19. The molecule has 0 aliphatic rings. The number of hydrogen-bond acceptors (Lipinski definition) is 2. The van der Waals surface area contributed by atoms with Crippen LogP contribution in [-0.4, -0.2) is 16.2 Å². The summed E-state index contributed by atoms with van der Waals surface area (Å²) in [5, 5.41) is 10.4. The standard InChI is InChI=1S/C10H11BrN2O/c11-9-6-13(4-3-12)10-2-1-7(14)5-8(9)10/h1-2,5-6,14H,3-4,12H2. The van der Waals surface area contributed by atoms with E-state index in [1.54, 1.807) is 12.1 Å². The molecule has 2 aromatic rings. The Bertz CT molecular complexity index is 464. The van der Waals surface area contributed by atoms with Crippen molar-refractivity contribution in [3.63, 3.8) is 0 Å². The number of benzene rings is 1. The highest BCUT2D eigenvalue weighted by Gasteiger charge is 2.06. The minimum Gasteiger partial charge on any atom is -0.508 e. The average molecular weight is 255 g/mol. The summed E-state index contributed by atoms with van der Waals surface area (Å²) < 4.78 is 3.05. The summed E-state index contributed by atoms with van der Waals surface area (Å²) in [4.78, 5) is 0. The molecule has 0 amide bonds. The molecule has 1 aromatic heterocycles. The van der Waals surface area contributed by atoms with Crippen molar-refractivity contribution in [3.8, 4) is 5.75 Å². The minimum absolute atomic E-state index is 0.281. The number of hydrogen-bond donors (Lipinski definition) is 2. The molecular formula is C10H11BrN2O. The summed E-state index contributed by atoms with van der Waals surface area (Å²) in [7, 11) is 0. The van der Waals surface area contributed by atoms with Gasteiger partial charge in [-0.05, 0) is 34.1 Å². The Kier molecular flexibility index (Phi) is 2.48. The van der Waals surface area contributed by atoms with Gasteiger partial charge in [0, 0.05) is 34.7 Å². The Labute approximate surface area is 90.3 Å². The Balaban J connectivity index is 2.65. The average Bonchev–Trinajstić information content (AvgIpc) is 2.44. The third-order valence-electron chi connectivity index (χ3n) is 2.19. The maximum atomic E-state index is 9.34. The molecule has 1 heterocycles. The Morgan fingerprint density at radius 2 is 2.21 bits per heavy atom. The summed E-state index contributed by atoms with van der Waals surface area (Å²) in [5.41, 5.74) is 6.59. The molecular weight excluding hydrogens is 244 g/mol. The topological polar surface area (TPSA) is 51.2 Å². The molecule has 0 unspecified atom stereocenters. The van der Waals surface area contributed by atoms with Crippen molar-refractivity contribution in [3.05, 3.63) is 28.9 Å². The maximum absolute atomic E-state index is 9.34. The van der Waals surface area contributed by atoms with Gasteiger partial charge in [-0.2, -0.15) is 0 Å². The highest BCUT2D eigenvalue weighted by atomic mass is 79.9. The summed E-state index contributed by atoms with van der Waals surface area (Å²) >= 11 is 3.45. The molecule has 0 fully saturated rings. The van der Waals surface area contributed by atoms with Crippen molar-refractivity contribution in [2.45, 2.75) is 6.54 Å². The van der Waals surface area contributed by atoms with Crippen molar-refractivity contribution >= 4 is 26.8 Å². The number of nitrogens with two attached hydrogens (primary N) is 1. The zero-order valence-electron chi connectivity index (χ0n) is 7.57. The van der Waals surface area contributed by atoms with E-state index >= 15 is 0 Å². The molecule has 2 rings (SSSR count). The van der Waals surface area contributed by atoms with Crippen LogP contribution < -0.4 is 5.73 Å². The van der Waals surface area contributed by atoms with Gasteiger partial charge in [-0.1, -0.05) is 0 Å². The fourth-order valence-electron chi connectivity index (χ4n) is 1.57. The van der Waals surface area contributed by atoms with Crippen molar-refractivity contribution in [1.29, 1.82) is 0 Å². The molecule has 3 nitrogen and oxygen atoms in total. The molecule has 0 radical (unpaired) electrons. The van der Waals surface area contributed by atoms with E-state index in [1.807, 2.05) is 12.3 Å². The second-order valence-corrected chi connectivity index (χ2v) is 4.01. The van der Waals surface area contributed by atoms with E-state index in [4.69, 9.17) is 5.73 Å². The van der Waals surface area contributed by atoms with Crippen LogP contribution in [0.4, 0.5) is 0 Å². The van der Waals surface area contributed by atoms with Crippen molar-refractivity contribution in [1.82, 2.24) is 4.57 Å². The molecule has 0 atom stereocenters. The number of fused-ring (bicyclic) bond motifs is 1. The van der Waals surface area contributed by atoms with Crippen LogP contribution in [0.1, 0.15) is 0 Å². The second kappa shape index (κ2) is 3.63. The Morgan fingerprint density at radius 1 is 1.43 bits per heavy atom. The smallest absolute Gasteiger partial charge is 0.116 e. The fraction of sp³-hybridized carbons (Fsp3) is 0.200. The van der Waals surface area contributed by atoms with Crippen molar-refractivity contribution in [2.24, 2.45) is 5.73 Å². The Morgan fingerprint density at radius 3 is 2.93 bits per heavy atom. The minimum atomic E-state index is 0.281. The number of nitrogens with zero attached hydrogens (tertiary/aromatic N) is 1. The summed E-state index contributed by atoms with van der Waals surface area (Å²) in [6, 6.07) is 5.32. The van der Waals surface area contributed by atoms with E-state index in [0.29, 0.717) is 6.54 Å². The molecule has 0 aliphatic heterocycles. The number of rotatable bonds is 2. The first-order valence-electron chi connectivity index (χ1n) is 4.40. The number of aromatic hydroxyl groups is 1. The maximum Gasteiger partial charge on any atom is 0.116 e. The normalized spacial score (nSPS) is 11.0. The monoisotopic (exact) mass is 254 g/mol. The van der Waals surface area contributed by atoms with Gasteiger partial charge in [-0.25, -0.2) is 0 Å². The van der Waals surface area contributed by atoms with Gasteiger partial charge in [-0.15, -0.1) is 0 Å². The second-order valence-electron chi connectivity index (χ2n) is 3.16. The van der Waals surface area contributed by atoms with Crippen LogP contribution in [0.2, 0.25) is 0 Å². The van der Waals surface area contributed by atoms with Gasteiger partial charge in [0.1, 0.15) is 5.75 Å². The van der Waals surface area contributed by atoms with Crippen LogP contribution in [0.15, 0.2) is 28.9 Å². The van der Waals surface area contributed by atoms with Gasteiger partial charge in [0.15, 0.2) is 0 Å². The van der Waals surface area contributed by atoms with Crippen LogP contribution in [0.3, 0.4) is 0 Å². The lowest BCUT2D eigenvalue weighted by molar-refractivity contribution is 0.476. The molecule has 0 bridgehead atoms. The van der Waals surface area contributed by atoms with Gasteiger partial charge < -0.3 is 15.4 Å². The molecule has 0 saturated heterocycles. The van der Waals surface area contributed by atoms with Gasteiger partial charge >= 0.3 is 0 Å². The van der Waals surface area contributed by atoms with E-state index in [2.05, 4.69) is 20.5 Å².